The van der Waals surface area contributed by atoms with Crippen molar-refractivity contribution in [2.45, 2.75) is 28.5 Å². The predicted molar refractivity (Wildman–Crippen MR) is 141 cm³/mol. The van der Waals surface area contributed by atoms with Gasteiger partial charge in [-0.25, -0.2) is 8.42 Å². The maximum Gasteiger partial charge on any atom is 0.254 e. The number of rotatable bonds is 4. The summed E-state index contributed by atoms with van der Waals surface area (Å²) in [6.45, 7) is -0.236. The monoisotopic (exact) mass is 555 g/mol. The Kier molecular flexibility index (Phi) is 6.06. The Morgan fingerprint density at radius 2 is 1.54 bits per heavy atom. The zero-order chi connectivity index (χ0) is 25.9. The first-order chi connectivity index (χ1) is 17.7. The van der Waals surface area contributed by atoms with Crippen molar-refractivity contribution in [3.8, 4) is 11.1 Å². The summed E-state index contributed by atoms with van der Waals surface area (Å²) in [6, 6.07) is 15.8. The quantitative estimate of drug-likeness (QED) is 0.400. The van der Waals surface area contributed by atoms with E-state index in [2.05, 4.69) is 4.98 Å². The number of benzene rings is 2. The topological polar surface area (TPSA) is 111 Å². The summed E-state index contributed by atoms with van der Waals surface area (Å²) in [6.07, 6.45) is 0.866. The molecule has 4 unspecified atom stereocenters. The standard InChI is InChI=1S/C26H22ClN3O5S2/c27-19-6-5-18-11-23(36-22(18)12-19)37(34,35)29-13-20-24(31)25(32)21(14-29)30(20)26(33)17-3-1-15(2-4-17)16-7-9-28-10-8-16/h1-12,20-21,24-25,31-32H,13-14H2. The van der Waals surface area contributed by atoms with Crippen molar-refractivity contribution in [1.29, 1.82) is 0 Å². The van der Waals surface area contributed by atoms with Crippen molar-refractivity contribution in [3.63, 3.8) is 0 Å². The number of thiophene rings is 1. The van der Waals surface area contributed by atoms with Crippen molar-refractivity contribution in [2.75, 3.05) is 13.1 Å². The van der Waals surface area contributed by atoms with Gasteiger partial charge in [0.2, 0.25) is 0 Å². The van der Waals surface area contributed by atoms with Crippen LogP contribution in [0.2, 0.25) is 5.02 Å². The average Bonchev–Trinajstić information content (AvgIpc) is 3.41. The molecule has 4 heterocycles. The van der Waals surface area contributed by atoms with Gasteiger partial charge in [-0.05, 0) is 59.0 Å². The van der Waals surface area contributed by atoms with Crippen molar-refractivity contribution >= 4 is 49.0 Å². The lowest BCUT2D eigenvalue weighted by atomic mass is 10.0. The number of aliphatic hydroxyl groups excluding tert-OH is 2. The number of piperazine rings is 1. The van der Waals surface area contributed by atoms with E-state index in [1.165, 1.54) is 9.21 Å². The van der Waals surface area contributed by atoms with Crippen molar-refractivity contribution in [3.05, 3.63) is 83.6 Å². The number of fused-ring (bicyclic) bond motifs is 3. The summed E-state index contributed by atoms with van der Waals surface area (Å²) >= 11 is 7.17. The first-order valence-corrected chi connectivity index (χ1v) is 14.3. The molecular weight excluding hydrogens is 534 g/mol. The van der Waals surface area contributed by atoms with E-state index in [1.807, 2.05) is 24.3 Å². The fourth-order valence-electron chi connectivity index (χ4n) is 5.15. The lowest BCUT2D eigenvalue weighted by molar-refractivity contribution is 0.0352. The Morgan fingerprint density at radius 3 is 2.19 bits per heavy atom. The van der Waals surface area contributed by atoms with E-state index in [4.69, 9.17) is 11.6 Å². The highest BCUT2D eigenvalue weighted by Crippen LogP contribution is 2.38. The van der Waals surface area contributed by atoms with Crippen LogP contribution in [0, 0.1) is 0 Å². The Morgan fingerprint density at radius 1 is 0.919 bits per heavy atom. The first-order valence-electron chi connectivity index (χ1n) is 11.6. The van der Waals surface area contributed by atoms with E-state index in [1.54, 1.807) is 48.8 Å². The third-order valence-electron chi connectivity index (χ3n) is 7.07. The Balaban J connectivity index is 1.27. The van der Waals surface area contributed by atoms with Crippen molar-refractivity contribution < 1.29 is 23.4 Å². The summed E-state index contributed by atoms with van der Waals surface area (Å²) in [4.78, 5) is 18.9. The van der Waals surface area contributed by atoms with Crippen molar-refractivity contribution in [2.24, 2.45) is 0 Å². The molecule has 4 atom stereocenters. The molecule has 2 aliphatic heterocycles. The zero-order valence-electron chi connectivity index (χ0n) is 19.3. The highest BCUT2D eigenvalue weighted by Gasteiger charge is 2.55. The Labute approximate surface area is 222 Å². The minimum absolute atomic E-state index is 0.118. The molecule has 2 N–H and O–H groups in total. The molecule has 0 radical (unpaired) electrons. The zero-order valence-corrected chi connectivity index (χ0v) is 21.7. The van der Waals surface area contributed by atoms with E-state index >= 15 is 0 Å². The maximum absolute atomic E-state index is 13.5. The van der Waals surface area contributed by atoms with E-state index in [-0.39, 0.29) is 23.2 Å². The third-order valence-corrected chi connectivity index (χ3v) is 10.7. The number of nitrogens with zero attached hydrogens (tertiary/aromatic N) is 3. The second-order valence-corrected chi connectivity index (χ2v) is 12.9. The lowest BCUT2D eigenvalue weighted by Gasteiger charge is -2.40. The molecule has 2 saturated heterocycles. The van der Waals surface area contributed by atoms with Gasteiger partial charge in [-0.3, -0.25) is 9.78 Å². The molecule has 2 bridgehead atoms. The molecule has 8 nitrogen and oxygen atoms in total. The molecule has 2 aromatic carbocycles. The number of halogens is 1. The van der Waals surface area contributed by atoms with Gasteiger partial charge in [0.1, 0.15) is 16.4 Å². The highest BCUT2D eigenvalue weighted by atomic mass is 35.5. The maximum atomic E-state index is 13.5. The largest absolute Gasteiger partial charge is 0.388 e. The molecule has 0 aliphatic carbocycles. The summed E-state index contributed by atoms with van der Waals surface area (Å²) in [5, 5.41) is 22.8. The molecular formula is C26H22ClN3O5S2. The van der Waals surface area contributed by atoms with E-state index in [0.29, 0.717) is 10.6 Å². The van der Waals surface area contributed by atoms with E-state index in [9.17, 15) is 23.4 Å². The fourth-order valence-corrected chi connectivity index (χ4v) is 8.45. The van der Waals surface area contributed by atoms with Crippen LogP contribution in [0.1, 0.15) is 10.4 Å². The van der Waals surface area contributed by atoms with Gasteiger partial charge in [0, 0.05) is 40.8 Å². The van der Waals surface area contributed by atoms with Gasteiger partial charge in [-0.2, -0.15) is 4.31 Å². The van der Waals surface area contributed by atoms with Crippen LogP contribution in [-0.2, 0) is 10.0 Å². The smallest absolute Gasteiger partial charge is 0.254 e. The van der Waals surface area contributed by atoms with Gasteiger partial charge in [0.25, 0.3) is 15.9 Å². The summed E-state index contributed by atoms with van der Waals surface area (Å²) in [5.41, 5.74) is 2.27. The third kappa shape index (κ3) is 4.14. The number of carbonyl (C=O) groups excluding carboxylic acids is 1. The van der Waals surface area contributed by atoms with E-state index in [0.717, 1.165) is 32.5 Å². The minimum Gasteiger partial charge on any atom is -0.388 e. The van der Waals surface area contributed by atoms with Crippen LogP contribution in [0.5, 0.6) is 0 Å². The van der Waals surface area contributed by atoms with Crippen LogP contribution < -0.4 is 0 Å². The summed E-state index contributed by atoms with van der Waals surface area (Å²) in [7, 11) is -3.92. The van der Waals surface area contributed by atoms with Crippen LogP contribution in [0.25, 0.3) is 21.2 Å². The summed E-state index contributed by atoms with van der Waals surface area (Å²) < 4.78 is 29.2. The number of pyridine rings is 1. The van der Waals surface area contributed by atoms with Gasteiger partial charge in [-0.1, -0.05) is 29.8 Å². The molecule has 4 aromatic rings. The van der Waals surface area contributed by atoms with Crippen LogP contribution in [-0.4, -0.2) is 76.1 Å². The van der Waals surface area contributed by atoms with Crippen LogP contribution in [0.15, 0.2) is 77.3 Å². The second-order valence-electron chi connectivity index (χ2n) is 9.21. The number of amides is 1. The molecule has 0 saturated carbocycles. The van der Waals surface area contributed by atoms with Gasteiger partial charge in [0.05, 0.1) is 12.1 Å². The number of aromatic nitrogens is 1. The van der Waals surface area contributed by atoms with Crippen LogP contribution >= 0.6 is 22.9 Å². The Hall–Kier alpha value is -2.86. The number of hydrogen-bond acceptors (Lipinski definition) is 7. The number of carbonyl (C=O) groups is 1. The normalized spacial score (nSPS) is 24.0. The lowest BCUT2D eigenvalue weighted by Crippen LogP contribution is -2.58. The Bertz CT molecular complexity index is 1580. The van der Waals surface area contributed by atoms with E-state index < -0.39 is 34.3 Å². The highest BCUT2D eigenvalue weighted by molar-refractivity contribution is 7.91. The van der Waals surface area contributed by atoms with Gasteiger partial charge in [-0.15, -0.1) is 11.3 Å². The van der Waals surface area contributed by atoms with Crippen molar-refractivity contribution in [1.82, 2.24) is 14.2 Å². The molecule has 190 valence electrons. The number of hydrogen-bond donors (Lipinski definition) is 2. The van der Waals surface area contributed by atoms with Crippen LogP contribution in [0.4, 0.5) is 0 Å². The predicted octanol–water partition coefficient (Wildman–Crippen LogP) is 3.24. The second kappa shape index (κ2) is 9.16. The molecule has 2 aromatic heterocycles. The summed E-state index contributed by atoms with van der Waals surface area (Å²) in [5.74, 6) is -0.361. The first kappa shape index (κ1) is 24.5. The number of aliphatic hydroxyl groups is 2. The molecule has 1 amide bonds. The molecule has 6 rings (SSSR count). The minimum atomic E-state index is -3.92. The van der Waals surface area contributed by atoms with Gasteiger partial charge >= 0.3 is 0 Å². The number of sulfonamides is 1. The SMILES string of the molecule is O=C(c1ccc(-c2ccncc2)cc1)N1C2CN(S(=O)(=O)c3cc4ccc(Cl)cc4s3)CC1C(O)C2O. The fraction of sp³-hybridized carbons (Fsp3) is 0.231. The average molecular weight is 556 g/mol. The molecule has 37 heavy (non-hydrogen) atoms. The molecule has 2 aliphatic rings. The molecule has 11 heteroatoms. The van der Waals surface area contributed by atoms with Gasteiger partial charge < -0.3 is 15.1 Å². The van der Waals surface area contributed by atoms with Crippen LogP contribution in [0.3, 0.4) is 0 Å². The molecule has 0 spiro atoms. The molecule has 2 fully saturated rings. The van der Waals surface area contributed by atoms with Gasteiger partial charge in [0.15, 0.2) is 0 Å².